The lowest BCUT2D eigenvalue weighted by molar-refractivity contribution is 1.34. The average Bonchev–Trinajstić information content (AvgIpc) is 2.04. The highest BCUT2D eigenvalue weighted by Gasteiger charge is 1.91. The van der Waals surface area contributed by atoms with Crippen molar-refractivity contribution in [2.24, 2.45) is 0 Å². The Labute approximate surface area is 67.5 Å². The fourth-order valence-electron chi connectivity index (χ4n) is 0.798. The van der Waals surface area contributed by atoms with E-state index in [1.54, 1.807) is 0 Å². The van der Waals surface area contributed by atoms with Crippen LogP contribution in [0.1, 0.15) is 18.1 Å². The Morgan fingerprint density at radius 2 is 1.91 bits per heavy atom. The van der Waals surface area contributed by atoms with E-state index in [0.717, 1.165) is 12.1 Å². The van der Waals surface area contributed by atoms with Crippen molar-refractivity contribution >= 4 is 0 Å². The van der Waals surface area contributed by atoms with E-state index in [4.69, 9.17) is 0 Å². The molecule has 1 aromatic carbocycles. The van der Waals surface area contributed by atoms with Gasteiger partial charge in [-0.15, -0.1) is 0 Å². The molecule has 0 bridgehead atoms. The minimum Gasteiger partial charge on any atom is -0.0783 e. The summed E-state index contributed by atoms with van der Waals surface area (Å²) < 4.78 is 0. The van der Waals surface area contributed by atoms with Crippen LogP contribution >= 0.6 is 0 Å². The Kier molecular flexibility index (Phi) is 2.68. The van der Waals surface area contributed by atoms with Gasteiger partial charge in [0.25, 0.3) is 6.54 Å². The van der Waals surface area contributed by atoms with Crippen LogP contribution in [-0.4, -0.2) is 6.54 Å². The zero-order chi connectivity index (χ0) is 8.10. The highest BCUT2D eigenvalue weighted by molar-refractivity contribution is 5.33. The van der Waals surface area contributed by atoms with Gasteiger partial charge >= 0.3 is 6.07 Å². The molecule has 0 radical (unpaired) electrons. The van der Waals surface area contributed by atoms with E-state index in [-0.39, 0.29) is 0 Å². The molecule has 11 heavy (non-hydrogen) atoms. The van der Waals surface area contributed by atoms with E-state index in [0.29, 0.717) is 0 Å². The standard InChI is InChI=1S/C10H12N/c1-3-11-8-10-6-4-9(2)5-7-10/h4-7H,3H2,1-2H3/q+1. The summed E-state index contributed by atoms with van der Waals surface area (Å²) in [6.45, 7) is 4.87. The molecule has 0 unspecified atom stereocenters. The molecule has 1 heteroatoms. The summed E-state index contributed by atoms with van der Waals surface area (Å²) in [6.07, 6.45) is 0. The number of aryl methyl sites for hydroxylation is 1. The number of hydrogen-bond acceptors (Lipinski definition) is 0. The molecular weight excluding hydrogens is 134 g/mol. The molecule has 0 saturated carbocycles. The third kappa shape index (κ3) is 2.43. The van der Waals surface area contributed by atoms with Gasteiger partial charge in [-0.05, 0) is 19.1 Å². The normalized spacial score (nSPS) is 8.55. The molecule has 0 aliphatic rings. The van der Waals surface area contributed by atoms with Crippen molar-refractivity contribution in [2.75, 3.05) is 6.54 Å². The topological polar surface area (TPSA) is 4.36 Å². The van der Waals surface area contributed by atoms with Crippen molar-refractivity contribution in [3.63, 3.8) is 0 Å². The quantitative estimate of drug-likeness (QED) is 0.530. The minimum atomic E-state index is 0.799. The molecule has 0 spiro atoms. The van der Waals surface area contributed by atoms with Crippen LogP contribution < -0.4 is 0 Å². The Hall–Kier alpha value is -1.29. The summed E-state index contributed by atoms with van der Waals surface area (Å²) in [5.74, 6) is 0. The molecule has 1 aromatic rings. The van der Waals surface area contributed by atoms with Crippen LogP contribution in [0.4, 0.5) is 0 Å². The Morgan fingerprint density at radius 1 is 1.27 bits per heavy atom. The molecule has 0 aliphatic heterocycles. The van der Waals surface area contributed by atoms with Gasteiger partial charge in [0.05, 0.1) is 0 Å². The maximum absolute atomic E-state index is 4.02. The van der Waals surface area contributed by atoms with Crippen molar-refractivity contribution in [2.45, 2.75) is 13.8 Å². The van der Waals surface area contributed by atoms with E-state index in [1.165, 1.54) is 5.56 Å². The van der Waals surface area contributed by atoms with Crippen molar-refractivity contribution in [1.29, 1.82) is 0 Å². The van der Waals surface area contributed by atoms with Crippen molar-refractivity contribution in [3.05, 3.63) is 40.2 Å². The molecule has 0 aromatic heterocycles. The molecule has 0 N–H and O–H groups in total. The second kappa shape index (κ2) is 3.78. The van der Waals surface area contributed by atoms with Crippen molar-refractivity contribution < 1.29 is 0 Å². The predicted octanol–water partition coefficient (Wildman–Crippen LogP) is 2.70. The van der Waals surface area contributed by atoms with E-state index in [2.05, 4.69) is 30.0 Å². The lowest BCUT2D eigenvalue weighted by Crippen LogP contribution is -1.74. The van der Waals surface area contributed by atoms with E-state index < -0.39 is 0 Å². The number of hydrogen-bond donors (Lipinski definition) is 0. The summed E-state index contributed by atoms with van der Waals surface area (Å²) in [6, 6.07) is 11.1. The molecule has 0 fully saturated rings. The molecule has 56 valence electrons. The summed E-state index contributed by atoms with van der Waals surface area (Å²) in [4.78, 5) is 4.02. The first-order valence-electron chi connectivity index (χ1n) is 3.82. The number of benzene rings is 1. The Morgan fingerprint density at radius 3 is 2.45 bits per heavy atom. The van der Waals surface area contributed by atoms with E-state index >= 15 is 0 Å². The molecule has 0 heterocycles. The molecule has 0 saturated heterocycles. The second-order valence-electron chi connectivity index (χ2n) is 2.45. The molecule has 0 atom stereocenters. The van der Waals surface area contributed by atoms with Gasteiger partial charge in [-0.1, -0.05) is 22.5 Å². The predicted molar refractivity (Wildman–Crippen MR) is 48.1 cm³/mol. The van der Waals surface area contributed by atoms with Gasteiger partial charge in [-0.3, -0.25) is 0 Å². The van der Waals surface area contributed by atoms with Crippen LogP contribution in [0.5, 0.6) is 0 Å². The van der Waals surface area contributed by atoms with Gasteiger partial charge in [0.2, 0.25) is 0 Å². The maximum atomic E-state index is 4.02. The van der Waals surface area contributed by atoms with Crippen LogP contribution in [0, 0.1) is 13.0 Å². The van der Waals surface area contributed by atoms with Gasteiger partial charge in [0.1, 0.15) is 5.56 Å². The van der Waals surface area contributed by atoms with E-state index in [1.807, 2.05) is 19.1 Å². The summed E-state index contributed by atoms with van der Waals surface area (Å²) >= 11 is 0. The fourth-order valence-corrected chi connectivity index (χ4v) is 0.798. The highest BCUT2D eigenvalue weighted by atomic mass is 14.6. The number of nitrogens with zero attached hydrogens (tertiary/aromatic N) is 1. The number of rotatable bonds is 0. The minimum absolute atomic E-state index is 0.799. The largest absolute Gasteiger partial charge is 0.311 e. The average molecular weight is 146 g/mol. The van der Waals surface area contributed by atoms with Gasteiger partial charge in [-0.25, -0.2) is 0 Å². The third-order valence-corrected chi connectivity index (χ3v) is 1.42. The van der Waals surface area contributed by atoms with Crippen molar-refractivity contribution in [1.82, 2.24) is 0 Å². The zero-order valence-corrected chi connectivity index (χ0v) is 6.96. The van der Waals surface area contributed by atoms with Crippen molar-refractivity contribution in [3.8, 4) is 6.07 Å². The van der Waals surface area contributed by atoms with Crippen LogP contribution in [0.25, 0.3) is 4.85 Å². The Bertz CT molecular complexity index is 274. The monoisotopic (exact) mass is 146 g/mol. The first-order chi connectivity index (χ1) is 5.33. The first kappa shape index (κ1) is 7.81. The molecule has 0 amide bonds. The Balaban J connectivity index is 2.82. The summed E-state index contributed by atoms with van der Waals surface area (Å²) in [5, 5.41) is 0. The van der Waals surface area contributed by atoms with Crippen LogP contribution in [0.15, 0.2) is 24.3 Å². The van der Waals surface area contributed by atoms with Crippen LogP contribution in [0.3, 0.4) is 0 Å². The molecule has 1 nitrogen and oxygen atoms in total. The first-order valence-corrected chi connectivity index (χ1v) is 3.82. The van der Waals surface area contributed by atoms with Gasteiger partial charge in [-0.2, -0.15) is 0 Å². The van der Waals surface area contributed by atoms with Gasteiger partial charge in [0, 0.05) is 6.92 Å². The van der Waals surface area contributed by atoms with Crippen LogP contribution in [0.2, 0.25) is 0 Å². The molecular formula is C10H12N+. The molecule has 0 aliphatic carbocycles. The lowest BCUT2D eigenvalue weighted by atomic mass is 10.2. The van der Waals surface area contributed by atoms with Gasteiger partial charge in [0.15, 0.2) is 0 Å². The zero-order valence-electron chi connectivity index (χ0n) is 6.96. The summed E-state index contributed by atoms with van der Waals surface area (Å²) in [7, 11) is 0. The maximum Gasteiger partial charge on any atom is 0.311 e. The highest BCUT2D eigenvalue weighted by Crippen LogP contribution is 2.00. The fraction of sp³-hybridized carbons (Fsp3) is 0.300. The van der Waals surface area contributed by atoms with E-state index in [9.17, 15) is 0 Å². The summed E-state index contributed by atoms with van der Waals surface area (Å²) in [5.41, 5.74) is 2.32. The molecule has 1 rings (SSSR count). The lowest BCUT2D eigenvalue weighted by Gasteiger charge is -1.86. The third-order valence-electron chi connectivity index (χ3n) is 1.42. The second-order valence-corrected chi connectivity index (χ2v) is 2.45. The SMILES string of the molecule is CC[N+]#Cc1ccc(C)cc1. The smallest absolute Gasteiger partial charge is 0.0783 e. The van der Waals surface area contributed by atoms with Crippen LogP contribution in [-0.2, 0) is 0 Å². The van der Waals surface area contributed by atoms with Gasteiger partial charge < -0.3 is 0 Å².